The average Bonchev–Trinajstić information content (AvgIpc) is 3.41. The number of nitrogens with one attached hydrogen (secondary N) is 2. The summed E-state index contributed by atoms with van der Waals surface area (Å²) >= 11 is 1.61. The molecule has 4 rings (SSSR count). The van der Waals surface area contributed by atoms with Crippen LogP contribution in [0.1, 0.15) is 73.0 Å². The number of carbonyl (C=O) groups excluding carboxylic acids is 2. The summed E-state index contributed by atoms with van der Waals surface area (Å²) in [7, 11) is 0. The highest BCUT2D eigenvalue weighted by molar-refractivity contribution is 7.14. The van der Waals surface area contributed by atoms with Gasteiger partial charge < -0.3 is 10.6 Å². The van der Waals surface area contributed by atoms with Crippen LogP contribution in [0.2, 0.25) is 0 Å². The standard InChI is InChI=1S/C23H32N4O2S/c1-23(2,3)16-8-9-19-15(10-16)11-20(30-19)22(29)26-18-12-24-27(13-18)14-21(28)25-17-6-4-5-7-17/h11-13,16-17H,4-10,14H2,1-3H3,(H,25,28)(H,26,29). The van der Waals surface area contributed by atoms with E-state index in [4.69, 9.17) is 0 Å². The van der Waals surface area contributed by atoms with Crippen LogP contribution >= 0.6 is 11.3 Å². The van der Waals surface area contributed by atoms with Gasteiger partial charge in [-0.2, -0.15) is 5.10 Å². The molecule has 0 aromatic carbocycles. The molecular weight excluding hydrogens is 396 g/mol. The Bertz CT molecular complexity index is 918. The lowest BCUT2D eigenvalue weighted by atomic mass is 9.72. The summed E-state index contributed by atoms with van der Waals surface area (Å²) in [4.78, 5) is 27.0. The van der Waals surface area contributed by atoms with Gasteiger partial charge >= 0.3 is 0 Å². The molecule has 0 spiro atoms. The summed E-state index contributed by atoms with van der Waals surface area (Å²) in [6.45, 7) is 7.07. The fraction of sp³-hybridized carbons (Fsp3) is 0.609. The normalized spacial score (nSPS) is 19.5. The average molecular weight is 429 g/mol. The van der Waals surface area contributed by atoms with Crippen LogP contribution in [-0.4, -0.2) is 27.6 Å². The number of carbonyl (C=O) groups is 2. The quantitative estimate of drug-likeness (QED) is 0.741. The number of amides is 2. The molecule has 0 aliphatic heterocycles. The Balaban J connectivity index is 1.34. The van der Waals surface area contributed by atoms with Gasteiger partial charge in [-0.05, 0) is 55.1 Å². The largest absolute Gasteiger partial charge is 0.352 e. The third-order valence-corrected chi connectivity index (χ3v) is 7.68. The van der Waals surface area contributed by atoms with Gasteiger partial charge in [0.2, 0.25) is 5.91 Å². The lowest BCUT2D eigenvalue weighted by Crippen LogP contribution is -2.35. The first-order valence-electron chi connectivity index (χ1n) is 11.0. The van der Waals surface area contributed by atoms with Crippen LogP contribution in [0.15, 0.2) is 18.5 Å². The second-order valence-corrected chi connectivity index (χ2v) is 10.9. The Labute approximate surface area is 182 Å². The van der Waals surface area contributed by atoms with Crippen molar-refractivity contribution >= 4 is 28.8 Å². The first kappa shape index (κ1) is 21.1. The van der Waals surface area contributed by atoms with Crippen molar-refractivity contribution in [3.63, 3.8) is 0 Å². The minimum Gasteiger partial charge on any atom is -0.352 e. The first-order chi connectivity index (χ1) is 14.3. The van der Waals surface area contributed by atoms with Gasteiger partial charge in [-0.25, -0.2) is 0 Å². The molecule has 2 aliphatic rings. The van der Waals surface area contributed by atoms with Crippen LogP contribution in [0.25, 0.3) is 0 Å². The summed E-state index contributed by atoms with van der Waals surface area (Å²) in [5.74, 6) is 0.531. The van der Waals surface area contributed by atoms with Gasteiger partial charge in [0.05, 0.1) is 16.8 Å². The van der Waals surface area contributed by atoms with E-state index in [9.17, 15) is 9.59 Å². The summed E-state index contributed by atoms with van der Waals surface area (Å²) in [6.07, 6.45) is 11.1. The summed E-state index contributed by atoms with van der Waals surface area (Å²) in [5.41, 5.74) is 2.24. The highest BCUT2D eigenvalue weighted by atomic mass is 32.1. The Morgan fingerprint density at radius 2 is 2.00 bits per heavy atom. The minimum absolute atomic E-state index is 0.0257. The molecule has 2 aromatic heterocycles. The lowest BCUT2D eigenvalue weighted by molar-refractivity contribution is -0.122. The van der Waals surface area contributed by atoms with Crippen LogP contribution < -0.4 is 10.6 Å². The maximum absolute atomic E-state index is 12.8. The molecule has 2 amide bonds. The molecular formula is C23H32N4O2S. The van der Waals surface area contributed by atoms with Gasteiger partial charge in [0.25, 0.3) is 5.91 Å². The zero-order chi connectivity index (χ0) is 21.3. The van der Waals surface area contributed by atoms with Crippen molar-refractivity contribution in [2.45, 2.75) is 78.3 Å². The molecule has 1 saturated carbocycles. The Morgan fingerprint density at radius 3 is 2.73 bits per heavy atom. The second kappa shape index (κ2) is 8.53. The van der Waals surface area contributed by atoms with Gasteiger partial charge in [0.1, 0.15) is 6.54 Å². The van der Waals surface area contributed by atoms with E-state index in [0.717, 1.165) is 30.6 Å². The zero-order valence-electron chi connectivity index (χ0n) is 18.2. The topological polar surface area (TPSA) is 76.0 Å². The number of nitrogens with zero attached hydrogens (tertiary/aromatic N) is 2. The number of rotatable bonds is 5. The molecule has 162 valence electrons. The molecule has 0 saturated heterocycles. The number of anilines is 1. The van der Waals surface area contributed by atoms with Crippen molar-refractivity contribution in [2.75, 3.05) is 5.32 Å². The molecule has 2 aliphatic carbocycles. The van der Waals surface area contributed by atoms with Crippen molar-refractivity contribution in [3.05, 3.63) is 33.8 Å². The second-order valence-electron chi connectivity index (χ2n) is 9.79. The molecule has 6 nitrogen and oxygen atoms in total. The monoisotopic (exact) mass is 428 g/mol. The van der Waals surface area contributed by atoms with E-state index in [1.54, 1.807) is 28.4 Å². The van der Waals surface area contributed by atoms with Crippen molar-refractivity contribution in [1.29, 1.82) is 0 Å². The molecule has 2 aromatic rings. The van der Waals surface area contributed by atoms with E-state index in [0.29, 0.717) is 23.1 Å². The SMILES string of the molecule is CC(C)(C)C1CCc2sc(C(=O)Nc3cnn(CC(=O)NC4CCCC4)c3)cc2C1. The van der Waals surface area contributed by atoms with Crippen molar-refractivity contribution < 1.29 is 9.59 Å². The van der Waals surface area contributed by atoms with E-state index in [-0.39, 0.29) is 18.4 Å². The summed E-state index contributed by atoms with van der Waals surface area (Å²) < 4.78 is 1.58. The number of fused-ring (bicyclic) bond motifs is 1. The molecule has 0 radical (unpaired) electrons. The molecule has 0 bridgehead atoms. The predicted octanol–water partition coefficient (Wildman–Crippen LogP) is 4.41. The Morgan fingerprint density at radius 1 is 1.23 bits per heavy atom. The number of thiophene rings is 1. The molecule has 30 heavy (non-hydrogen) atoms. The fourth-order valence-corrected chi connectivity index (χ4v) is 5.68. The number of aromatic nitrogens is 2. The van der Waals surface area contributed by atoms with Crippen molar-refractivity contribution in [1.82, 2.24) is 15.1 Å². The fourth-order valence-electron chi connectivity index (χ4n) is 4.57. The first-order valence-corrected chi connectivity index (χ1v) is 11.8. The van der Waals surface area contributed by atoms with Crippen LogP contribution in [0.4, 0.5) is 5.69 Å². The van der Waals surface area contributed by atoms with Crippen molar-refractivity contribution in [2.24, 2.45) is 11.3 Å². The zero-order valence-corrected chi connectivity index (χ0v) is 19.0. The van der Waals surface area contributed by atoms with Crippen LogP contribution in [0, 0.1) is 11.3 Å². The van der Waals surface area contributed by atoms with Gasteiger partial charge in [0, 0.05) is 17.1 Å². The minimum atomic E-state index is -0.100. The molecule has 2 heterocycles. The van der Waals surface area contributed by atoms with Gasteiger partial charge in [-0.15, -0.1) is 11.3 Å². The van der Waals surface area contributed by atoms with Gasteiger partial charge in [-0.3, -0.25) is 14.3 Å². The number of hydrogen-bond acceptors (Lipinski definition) is 4. The van der Waals surface area contributed by atoms with E-state index in [1.807, 2.05) is 0 Å². The van der Waals surface area contributed by atoms with E-state index < -0.39 is 0 Å². The highest BCUT2D eigenvalue weighted by Gasteiger charge is 2.30. The maximum atomic E-state index is 12.8. The van der Waals surface area contributed by atoms with E-state index in [2.05, 4.69) is 42.6 Å². The summed E-state index contributed by atoms with van der Waals surface area (Å²) in [6, 6.07) is 2.36. The number of aryl methyl sites for hydroxylation is 1. The van der Waals surface area contributed by atoms with Crippen LogP contribution in [0.5, 0.6) is 0 Å². The molecule has 1 fully saturated rings. The van der Waals surface area contributed by atoms with E-state index in [1.165, 1.54) is 29.7 Å². The number of hydrogen-bond donors (Lipinski definition) is 2. The van der Waals surface area contributed by atoms with Crippen molar-refractivity contribution in [3.8, 4) is 0 Å². The third-order valence-electron chi connectivity index (χ3n) is 6.45. The Hall–Kier alpha value is -2.15. The smallest absolute Gasteiger partial charge is 0.265 e. The van der Waals surface area contributed by atoms with Gasteiger partial charge in [-0.1, -0.05) is 33.6 Å². The molecule has 1 atom stereocenters. The lowest BCUT2D eigenvalue weighted by Gasteiger charge is -2.33. The molecule has 7 heteroatoms. The highest BCUT2D eigenvalue weighted by Crippen LogP contribution is 2.40. The maximum Gasteiger partial charge on any atom is 0.265 e. The Kier molecular flexibility index (Phi) is 6.00. The van der Waals surface area contributed by atoms with Crippen LogP contribution in [0.3, 0.4) is 0 Å². The molecule has 2 N–H and O–H groups in total. The van der Waals surface area contributed by atoms with Crippen LogP contribution in [-0.2, 0) is 24.2 Å². The van der Waals surface area contributed by atoms with E-state index >= 15 is 0 Å². The summed E-state index contributed by atoms with van der Waals surface area (Å²) in [5, 5.41) is 10.2. The third kappa shape index (κ3) is 4.94. The predicted molar refractivity (Wildman–Crippen MR) is 120 cm³/mol. The van der Waals surface area contributed by atoms with Gasteiger partial charge in [0.15, 0.2) is 0 Å². The molecule has 1 unspecified atom stereocenters.